The zero-order valence-electron chi connectivity index (χ0n) is 9.34. The molecule has 0 aliphatic rings. The van der Waals surface area contributed by atoms with E-state index in [1.165, 1.54) is 0 Å². The molecule has 0 bridgehead atoms. The third kappa shape index (κ3) is 1.28. The number of fused-ring (bicyclic) bond motifs is 1. The van der Waals surface area contributed by atoms with Gasteiger partial charge in [-0.15, -0.1) is 0 Å². The molecule has 17 heavy (non-hydrogen) atoms. The van der Waals surface area contributed by atoms with Gasteiger partial charge in [-0.25, -0.2) is 0 Å². The van der Waals surface area contributed by atoms with Crippen LogP contribution in [0, 0.1) is 11.3 Å². The number of benzene rings is 1. The largest absolute Gasteiger partial charge is 0.463 e. The van der Waals surface area contributed by atoms with E-state index in [0.29, 0.717) is 5.56 Å². The highest BCUT2D eigenvalue weighted by Gasteiger charge is 2.17. The van der Waals surface area contributed by atoms with Gasteiger partial charge in [0.1, 0.15) is 11.8 Å². The van der Waals surface area contributed by atoms with E-state index in [9.17, 15) is 5.26 Å². The Morgan fingerprint density at radius 2 is 2.00 bits per heavy atom. The summed E-state index contributed by atoms with van der Waals surface area (Å²) in [5.74, 6) is 0.722. The maximum Gasteiger partial charge on any atom is 0.151 e. The number of nitrogens with zero attached hydrogens (tertiary/aromatic N) is 2. The summed E-state index contributed by atoms with van der Waals surface area (Å²) in [6.45, 7) is 0. The second-order valence-corrected chi connectivity index (χ2v) is 3.89. The molecular formula is C14H10N2O. The van der Waals surface area contributed by atoms with Crippen molar-refractivity contribution in [3.63, 3.8) is 0 Å². The van der Waals surface area contributed by atoms with Crippen LogP contribution >= 0.6 is 0 Å². The number of para-hydroxylation sites is 1. The fourth-order valence-corrected chi connectivity index (χ4v) is 2.21. The molecule has 0 N–H and O–H groups in total. The van der Waals surface area contributed by atoms with Crippen LogP contribution in [0.25, 0.3) is 22.4 Å². The van der Waals surface area contributed by atoms with Crippen molar-refractivity contribution in [1.29, 1.82) is 5.26 Å². The van der Waals surface area contributed by atoms with Crippen LogP contribution in [0.15, 0.2) is 47.1 Å². The molecule has 2 aromatic heterocycles. The summed E-state index contributed by atoms with van der Waals surface area (Å²) in [5, 5.41) is 10.3. The number of aromatic nitrogens is 1. The lowest BCUT2D eigenvalue weighted by Gasteiger charge is -2.00. The topological polar surface area (TPSA) is 41.9 Å². The van der Waals surface area contributed by atoms with E-state index in [-0.39, 0.29) is 0 Å². The van der Waals surface area contributed by atoms with Gasteiger partial charge < -0.3 is 8.98 Å². The Labute approximate surface area is 98.5 Å². The van der Waals surface area contributed by atoms with Gasteiger partial charge in [-0.3, -0.25) is 0 Å². The molecule has 0 amide bonds. The van der Waals surface area contributed by atoms with Crippen molar-refractivity contribution in [2.75, 3.05) is 0 Å². The van der Waals surface area contributed by atoms with E-state index in [2.05, 4.69) is 6.07 Å². The van der Waals surface area contributed by atoms with E-state index < -0.39 is 0 Å². The van der Waals surface area contributed by atoms with Crippen LogP contribution in [0.2, 0.25) is 0 Å². The number of rotatable bonds is 1. The van der Waals surface area contributed by atoms with Crippen LogP contribution in [-0.2, 0) is 7.05 Å². The highest BCUT2D eigenvalue weighted by molar-refractivity contribution is 5.93. The summed E-state index contributed by atoms with van der Waals surface area (Å²) in [4.78, 5) is 0. The van der Waals surface area contributed by atoms with Crippen LogP contribution in [-0.4, -0.2) is 4.57 Å². The quantitative estimate of drug-likeness (QED) is 0.633. The zero-order chi connectivity index (χ0) is 11.8. The van der Waals surface area contributed by atoms with E-state index in [4.69, 9.17) is 4.42 Å². The van der Waals surface area contributed by atoms with Gasteiger partial charge >= 0.3 is 0 Å². The van der Waals surface area contributed by atoms with Crippen molar-refractivity contribution in [2.45, 2.75) is 0 Å². The van der Waals surface area contributed by atoms with Gasteiger partial charge in [-0.2, -0.15) is 5.26 Å². The van der Waals surface area contributed by atoms with Crippen LogP contribution in [0.3, 0.4) is 0 Å². The van der Waals surface area contributed by atoms with Crippen molar-refractivity contribution in [1.82, 2.24) is 4.57 Å². The van der Waals surface area contributed by atoms with Gasteiger partial charge in [0.25, 0.3) is 0 Å². The maximum atomic E-state index is 9.32. The van der Waals surface area contributed by atoms with E-state index >= 15 is 0 Å². The van der Waals surface area contributed by atoms with Crippen molar-refractivity contribution < 1.29 is 4.42 Å². The van der Waals surface area contributed by atoms with Crippen LogP contribution < -0.4 is 0 Å². The average molecular weight is 222 g/mol. The SMILES string of the molecule is Cn1c(-c2ccco2)c(C#N)c2ccccc21. The summed E-state index contributed by atoms with van der Waals surface area (Å²) in [6, 6.07) is 13.8. The minimum atomic E-state index is 0.665. The summed E-state index contributed by atoms with van der Waals surface area (Å²) in [7, 11) is 1.95. The van der Waals surface area contributed by atoms with Gasteiger partial charge in [0.15, 0.2) is 5.76 Å². The van der Waals surface area contributed by atoms with Crippen LogP contribution in [0.4, 0.5) is 0 Å². The average Bonchev–Trinajstić information content (AvgIpc) is 2.96. The molecule has 3 nitrogen and oxygen atoms in total. The lowest BCUT2D eigenvalue weighted by Crippen LogP contribution is -1.91. The Hall–Kier alpha value is -2.47. The van der Waals surface area contributed by atoms with E-state index in [1.54, 1.807) is 6.26 Å². The number of hydrogen-bond donors (Lipinski definition) is 0. The fourth-order valence-electron chi connectivity index (χ4n) is 2.21. The van der Waals surface area contributed by atoms with Gasteiger partial charge in [0.2, 0.25) is 0 Å². The molecular weight excluding hydrogens is 212 g/mol. The zero-order valence-corrected chi connectivity index (χ0v) is 9.34. The molecule has 0 radical (unpaired) electrons. The molecule has 0 saturated carbocycles. The van der Waals surface area contributed by atoms with Gasteiger partial charge in [-0.05, 0) is 18.2 Å². The third-order valence-corrected chi connectivity index (χ3v) is 2.97. The first-order chi connectivity index (χ1) is 8.33. The normalized spacial score (nSPS) is 10.6. The molecule has 3 aromatic rings. The fraction of sp³-hybridized carbons (Fsp3) is 0.0714. The van der Waals surface area contributed by atoms with E-state index in [0.717, 1.165) is 22.4 Å². The molecule has 0 atom stereocenters. The van der Waals surface area contributed by atoms with Crippen molar-refractivity contribution in [3.8, 4) is 17.5 Å². The second kappa shape index (κ2) is 3.53. The van der Waals surface area contributed by atoms with Crippen LogP contribution in [0.1, 0.15) is 5.56 Å². The number of hydrogen-bond acceptors (Lipinski definition) is 2. The molecule has 1 aromatic carbocycles. The molecule has 0 spiro atoms. The summed E-state index contributed by atoms with van der Waals surface area (Å²) < 4.78 is 7.39. The molecule has 3 rings (SSSR count). The standard InChI is InChI=1S/C14H10N2O/c1-16-12-6-3-2-5-10(12)11(9-15)14(16)13-7-4-8-17-13/h2-8H,1H3. The molecule has 0 fully saturated rings. The van der Waals surface area contributed by atoms with E-state index in [1.807, 2.05) is 48.0 Å². The Morgan fingerprint density at radius 1 is 1.18 bits per heavy atom. The number of nitriles is 1. The second-order valence-electron chi connectivity index (χ2n) is 3.89. The summed E-state index contributed by atoms with van der Waals surface area (Å²) >= 11 is 0. The molecule has 3 heteroatoms. The molecule has 0 aliphatic carbocycles. The third-order valence-electron chi connectivity index (χ3n) is 2.97. The van der Waals surface area contributed by atoms with Crippen LogP contribution in [0.5, 0.6) is 0 Å². The van der Waals surface area contributed by atoms with Crippen molar-refractivity contribution >= 4 is 10.9 Å². The first-order valence-corrected chi connectivity index (χ1v) is 5.34. The lowest BCUT2D eigenvalue weighted by atomic mass is 10.1. The smallest absolute Gasteiger partial charge is 0.151 e. The minimum Gasteiger partial charge on any atom is -0.463 e. The van der Waals surface area contributed by atoms with Gasteiger partial charge in [-0.1, -0.05) is 18.2 Å². The predicted octanol–water partition coefficient (Wildman–Crippen LogP) is 3.31. The van der Waals surface area contributed by atoms with Crippen molar-refractivity contribution in [2.24, 2.45) is 7.05 Å². The maximum absolute atomic E-state index is 9.32. The Bertz CT molecular complexity index is 715. The lowest BCUT2D eigenvalue weighted by molar-refractivity contribution is 0.577. The predicted molar refractivity (Wildman–Crippen MR) is 65.3 cm³/mol. The summed E-state index contributed by atoms with van der Waals surface area (Å²) in [6.07, 6.45) is 1.62. The Balaban J connectivity index is 2.47. The Morgan fingerprint density at radius 3 is 2.71 bits per heavy atom. The highest BCUT2D eigenvalue weighted by Crippen LogP contribution is 2.32. The minimum absolute atomic E-state index is 0.665. The highest BCUT2D eigenvalue weighted by atomic mass is 16.3. The molecule has 2 heterocycles. The molecule has 0 aliphatic heterocycles. The van der Waals surface area contributed by atoms with Gasteiger partial charge in [0, 0.05) is 18.0 Å². The first kappa shape index (κ1) is 9.73. The number of aryl methyl sites for hydroxylation is 1. The summed E-state index contributed by atoms with van der Waals surface area (Å²) in [5.41, 5.74) is 2.53. The Kier molecular flexibility index (Phi) is 2.02. The molecule has 0 saturated heterocycles. The number of furan rings is 1. The van der Waals surface area contributed by atoms with Crippen molar-refractivity contribution in [3.05, 3.63) is 48.2 Å². The first-order valence-electron chi connectivity index (χ1n) is 5.34. The van der Waals surface area contributed by atoms with Gasteiger partial charge in [0.05, 0.1) is 11.8 Å². The monoisotopic (exact) mass is 222 g/mol. The molecule has 82 valence electrons. The molecule has 0 unspecified atom stereocenters.